The van der Waals surface area contributed by atoms with Gasteiger partial charge in [-0.3, -0.25) is 4.79 Å². The third kappa shape index (κ3) is 4.13. The normalized spacial score (nSPS) is 12.7. The van der Waals surface area contributed by atoms with Gasteiger partial charge in [0.15, 0.2) is 13.2 Å². The van der Waals surface area contributed by atoms with E-state index in [2.05, 4.69) is 0 Å². The van der Waals surface area contributed by atoms with Crippen LogP contribution in [0.1, 0.15) is 31.4 Å². The van der Waals surface area contributed by atoms with Crippen molar-refractivity contribution < 1.29 is 23.5 Å². The van der Waals surface area contributed by atoms with Crippen LogP contribution < -0.4 is 10.4 Å². The largest absolute Gasteiger partial charge is 0.482 e. The molecule has 0 aliphatic heterocycles. The second-order valence-corrected chi connectivity index (χ2v) is 6.37. The van der Waals surface area contributed by atoms with Gasteiger partial charge in [0.1, 0.15) is 11.3 Å². The van der Waals surface area contributed by atoms with Crippen molar-refractivity contribution >= 4 is 22.8 Å². The molecular formula is C20H23NO6. The molecular weight excluding hydrogens is 350 g/mol. The number of fused-ring (bicyclic) bond motifs is 3. The number of hydrogen-bond acceptors (Lipinski definition) is 6. The molecule has 7 nitrogen and oxygen atoms in total. The highest BCUT2D eigenvalue weighted by atomic mass is 16.6. The van der Waals surface area contributed by atoms with Crippen molar-refractivity contribution in [2.75, 3.05) is 26.3 Å². The van der Waals surface area contributed by atoms with Crippen molar-refractivity contribution in [1.82, 2.24) is 4.90 Å². The van der Waals surface area contributed by atoms with Gasteiger partial charge in [-0.1, -0.05) is 0 Å². The van der Waals surface area contributed by atoms with Crippen LogP contribution in [0.2, 0.25) is 0 Å². The maximum absolute atomic E-state index is 12.0. The van der Waals surface area contributed by atoms with Gasteiger partial charge in [0.05, 0.1) is 0 Å². The molecule has 1 aromatic heterocycles. The van der Waals surface area contributed by atoms with E-state index in [1.165, 1.54) is 0 Å². The molecule has 2 aromatic rings. The predicted octanol–water partition coefficient (Wildman–Crippen LogP) is 2.07. The number of carbonyl (C=O) groups is 2. The van der Waals surface area contributed by atoms with Crippen molar-refractivity contribution in [3.63, 3.8) is 0 Å². The standard InChI is InChI=1S/C20H23NO6/c1-3-21(4-2)18(22)11-26-19(23)12-25-13-8-9-15-14-6-5-7-16(14)20(24)27-17(15)10-13/h8-10H,3-7,11-12H2,1-2H3. The Morgan fingerprint density at radius 1 is 1.11 bits per heavy atom. The van der Waals surface area contributed by atoms with E-state index in [1.54, 1.807) is 17.0 Å². The van der Waals surface area contributed by atoms with E-state index in [1.807, 2.05) is 19.9 Å². The number of esters is 1. The third-order valence-corrected chi connectivity index (χ3v) is 4.77. The van der Waals surface area contributed by atoms with Gasteiger partial charge in [0.25, 0.3) is 5.91 Å². The third-order valence-electron chi connectivity index (χ3n) is 4.77. The zero-order valence-corrected chi connectivity index (χ0v) is 15.6. The van der Waals surface area contributed by atoms with Gasteiger partial charge in [-0.2, -0.15) is 0 Å². The van der Waals surface area contributed by atoms with E-state index >= 15 is 0 Å². The fourth-order valence-corrected chi connectivity index (χ4v) is 3.35. The summed E-state index contributed by atoms with van der Waals surface area (Å²) in [6.45, 7) is 4.22. The van der Waals surface area contributed by atoms with Gasteiger partial charge in [-0.05, 0) is 50.8 Å². The Morgan fingerprint density at radius 2 is 1.85 bits per heavy atom. The average molecular weight is 373 g/mol. The van der Waals surface area contributed by atoms with Crippen LogP contribution in [-0.4, -0.2) is 43.1 Å². The summed E-state index contributed by atoms with van der Waals surface area (Å²) in [4.78, 5) is 37.2. The van der Waals surface area contributed by atoms with Gasteiger partial charge in [-0.15, -0.1) is 0 Å². The van der Waals surface area contributed by atoms with Crippen LogP contribution in [0.3, 0.4) is 0 Å². The Morgan fingerprint density at radius 3 is 2.59 bits per heavy atom. The summed E-state index contributed by atoms with van der Waals surface area (Å²) in [7, 11) is 0. The molecule has 144 valence electrons. The van der Waals surface area contributed by atoms with Crippen LogP contribution >= 0.6 is 0 Å². The van der Waals surface area contributed by atoms with Crippen molar-refractivity contribution in [2.24, 2.45) is 0 Å². The molecule has 0 atom stereocenters. The first-order valence-corrected chi connectivity index (χ1v) is 9.18. The molecule has 0 radical (unpaired) electrons. The number of aryl methyl sites for hydroxylation is 1. The molecule has 7 heteroatoms. The minimum absolute atomic E-state index is 0.241. The first kappa shape index (κ1) is 18.9. The quantitative estimate of drug-likeness (QED) is 0.546. The fraction of sp³-hybridized carbons (Fsp3) is 0.450. The van der Waals surface area contributed by atoms with E-state index in [0.29, 0.717) is 24.4 Å². The maximum atomic E-state index is 12.0. The Bertz CT molecular complexity index is 913. The Labute approximate surface area is 156 Å². The number of ether oxygens (including phenoxy) is 2. The van der Waals surface area contributed by atoms with Gasteiger partial charge < -0.3 is 18.8 Å². The highest BCUT2D eigenvalue weighted by Crippen LogP contribution is 2.29. The summed E-state index contributed by atoms with van der Waals surface area (Å²) in [6, 6.07) is 5.17. The number of benzene rings is 1. The van der Waals surface area contributed by atoms with Crippen LogP contribution in [0.25, 0.3) is 11.0 Å². The molecule has 0 bridgehead atoms. The van der Waals surface area contributed by atoms with Crippen molar-refractivity contribution in [3.8, 4) is 5.75 Å². The molecule has 0 fully saturated rings. The molecule has 0 saturated carbocycles. The molecule has 1 aliphatic carbocycles. The molecule has 1 aliphatic rings. The Hall–Kier alpha value is -2.83. The Kier molecular flexibility index (Phi) is 5.78. The lowest BCUT2D eigenvalue weighted by Gasteiger charge is -2.18. The lowest BCUT2D eigenvalue weighted by molar-refractivity contribution is -0.153. The zero-order valence-electron chi connectivity index (χ0n) is 15.6. The number of rotatable bonds is 7. The summed E-state index contributed by atoms with van der Waals surface area (Å²) in [5.74, 6) is -0.476. The van der Waals surface area contributed by atoms with Crippen molar-refractivity contribution in [1.29, 1.82) is 0 Å². The summed E-state index contributed by atoms with van der Waals surface area (Å²) in [5.41, 5.74) is 1.95. The molecule has 0 spiro atoms. The minimum Gasteiger partial charge on any atom is -0.482 e. The molecule has 1 amide bonds. The molecule has 3 rings (SSSR count). The van der Waals surface area contributed by atoms with E-state index in [4.69, 9.17) is 13.9 Å². The number of hydrogen-bond donors (Lipinski definition) is 0. The highest BCUT2D eigenvalue weighted by molar-refractivity contribution is 5.83. The highest BCUT2D eigenvalue weighted by Gasteiger charge is 2.20. The second-order valence-electron chi connectivity index (χ2n) is 6.37. The summed E-state index contributed by atoms with van der Waals surface area (Å²) >= 11 is 0. The molecule has 27 heavy (non-hydrogen) atoms. The maximum Gasteiger partial charge on any atom is 0.344 e. The molecule has 1 heterocycles. The van der Waals surface area contributed by atoms with Crippen LogP contribution in [0.15, 0.2) is 27.4 Å². The van der Waals surface area contributed by atoms with Crippen molar-refractivity contribution in [2.45, 2.75) is 33.1 Å². The predicted molar refractivity (Wildman–Crippen MR) is 98.9 cm³/mol. The SMILES string of the molecule is CCN(CC)C(=O)COC(=O)COc1ccc2c3c(c(=O)oc2c1)CCC3. The number of carbonyl (C=O) groups excluding carboxylic acids is 2. The Balaban J connectivity index is 1.61. The van der Waals surface area contributed by atoms with Crippen LogP contribution in [0, 0.1) is 0 Å². The smallest absolute Gasteiger partial charge is 0.344 e. The van der Waals surface area contributed by atoms with Gasteiger partial charge >= 0.3 is 11.6 Å². The van der Waals surface area contributed by atoms with Gasteiger partial charge in [-0.25, -0.2) is 9.59 Å². The summed E-state index contributed by atoms with van der Waals surface area (Å²) in [6.07, 6.45) is 2.57. The first-order valence-electron chi connectivity index (χ1n) is 9.18. The molecule has 1 aromatic carbocycles. The van der Waals surface area contributed by atoms with Crippen LogP contribution in [-0.2, 0) is 27.2 Å². The van der Waals surface area contributed by atoms with Crippen LogP contribution in [0.4, 0.5) is 0 Å². The lowest BCUT2D eigenvalue weighted by Crippen LogP contribution is -2.34. The fourth-order valence-electron chi connectivity index (χ4n) is 3.35. The monoisotopic (exact) mass is 373 g/mol. The number of nitrogens with zero attached hydrogens (tertiary/aromatic N) is 1. The van der Waals surface area contributed by atoms with Crippen molar-refractivity contribution in [3.05, 3.63) is 39.7 Å². The summed E-state index contributed by atoms with van der Waals surface area (Å²) in [5, 5.41) is 0.904. The van der Waals surface area contributed by atoms with E-state index in [9.17, 15) is 14.4 Å². The average Bonchev–Trinajstić information content (AvgIpc) is 3.16. The van der Waals surface area contributed by atoms with E-state index in [-0.39, 0.29) is 24.7 Å². The van der Waals surface area contributed by atoms with E-state index < -0.39 is 5.97 Å². The van der Waals surface area contributed by atoms with Crippen LogP contribution in [0.5, 0.6) is 5.75 Å². The minimum atomic E-state index is -0.633. The molecule has 0 N–H and O–H groups in total. The van der Waals surface area contributed by atoms with Gasteiger partial charge in [0, 0.05) is 30.1 Å². The number of amides is 1. The second kappa shape index (κ2) is 8.24. The number of likely N-dealkylation sites (N-methyl/N-ethyl adjacent to an activating group) is 1. The molecule has 0 saturated heterocycles. The lowest BCUT2D eigenvalue weighted by atomic mass is 10.1. The molecule has 0 unspecified atom stereocenters. The van der Waals surface area contributed by atoms with Gasteiger partial charge in [0.2, 0.25) is 0 Å². The summed E-state index contributed by atoms with van der Waals surface area (Å²) < 4.78 is 15.7. The first-order chi connectivity index (χ1) is 13.0. The van der Waals surface area contributed by atoms with E-state index in [0.717, 1.165) is 35.8 Å². The zero-order chi connectivity index (χ0) is 19.4. The topological polar surface area (TPSA) is 86.0 Å².